The van der Waals surface area contributed by atoms with Crippen molar-refractivity contribution in [1.29, 1.82) is 0 Å². The molecule has 1 amide bonds. The zero-order valence-corrected chi connectivity index (χ0v) is 14.8. The van der Waals surface area contributed by atoms with E-state index in [-0.39, 0.29) is 5.91 Å². The largest absolute Gasteiger partial charge is 0.497 e. The number of ether oxygens (including phenoxy) is 1. The maximum Gasteiger partial charge on any atom is 0.276 e. The van der Waals surface area contributed by atoms with Crippen molar-refractivity contribution in [1.82, 2.24) is 4.98 Å². The normalized spacial score (nSPS) is 10.2. The van der Waals surface area contributed by atoms with Crippen LogP contribution >= 0.6 is 0 Å². The molecule has 132 valence electrons. The summed E-state index contributed by atoms with van der Waals surface area (Å²) in [6.45, 7) is 0.670. The van der Waals surface area contributed by atoms with Crippen LogP contribution in [0.4, 0.5) is 11.4 Å². The van der Waals surface area contributed by atoms with Gasteiger partial charge in [0.25, 0.3) is 5.91 Å². The van der Waals surface area contributed by atoms with Gasteiger partial charge in [-0.3, -0.25) is 4.79 Å². The third-order valence-electron chi connectivity index (χ3n) is 4.09. The standard InChI is InChI=1S/C21H21N3O2/c1-24(18-6-4-3-5-7-18)21(25)20-13-10-17(15-23-20)22-14-16-8-11-19(26-2)12-9-16/h3-13,15,22H,14H2,1-2H3. The fourth-order valence-electron chi connectivity index (χ4n) is 2.51. The number of carbonyl (C=O) groups excluding carboxylic acids is 1. The lowest BCUT2D eigenvalue weighted by atomic mass is 10.2. The molecular formula is C21H21N3O2. The van der Waals surface area contributed by atoms with Crippen molar-refractivity contribution in [2.45, 2.75) is 6.54 Å². The second-order valence-corrected chi connectivity index (χ2v) is 5.83. The van der Waals surface area contributed by atoms with Crippen molar-refractivity contribution < 1.29 is 9.53 Å². The second-order valence-electron chi connectivity index (χ2n) is 5.83. The zero-order chi connectivity index (χ0) is 18.4. The number of rotatable bonds is 6. The van der Waals surface area contributed by atoms with Gasteiger partial charge in [0.05, 0.1) is 19.0 Å². The number of aromatic nitrogens is 1. The first kappa shape index (κ1) is 17.5. The maximum absolute atomic E-state index is 12.5. The zero-order valence-electron chi connectivity index (χ0n) is 14.8. The van der Waals surface area contributed by atoms with E-state index in [2.05, 4.69) is 10.3 Å². The Morgan fingerprint density at radius 3 is 2.38 bits per heavy atom. The van der Waals surface area contributed by atoms with Gasteiger partial charge in [0.15, 0.2) is 0 Å². The van der Waals surface area contributed by atoms with Crippen LogP contribution < -0.4 is 15.0 Å². The average molecular weight is 347 g/mol. The van der Waals surface area contributed by atoms with Crippen LogP contribution in [0.25, 0.3) is 0 Å². The molecule has 5 heteroatoms. The molecule has 1 N–H and O–H groups in total. The number of anilines is 2. The van der Waals surface area contributed by atoms with E-state index in [1.54, 1.807) is 31.3 Å². The molecule has 26 heavy (non-hydrogen) atoms. The Balaban J connectivity index is 1.61. The molecule has 0 aliphatic carbocycles. The van der Waals surface area contributed by atoms with Gasteiger partial charge in [-0.2, -0.15) is 0 Å². The number of pyridine rings is 1. The molecule has 0 atom stereocenters. The van der Waals surface area contributed by atoms with Crippen LogP contribution in [0.5, 0.6) is 5.75 Å². The Morgan fingerprint density at radius 1 is 1.04 bits per heavy atom. The summed E-state index contributed by atoms with van der Waals surface area (Å²) in [5, 5.41) is 3.30. The SMILES string of the molecule is COc1ccc(CNc2ccc(C(=O)N(C)c3ccccc3)nc2)cc1. The molecule has 0 saturated carbocycles. The molecule has 0 fully saturated rings. The summed E-state index contributed by atoms with van der Waals surface area (Å²) in [4.78, 5) is 18.4. The van der Waals surface area contributed by atoms with Crippen molar-refractivity contribution >= 4 is 17.3 Å². The van der Waals surface area contributed by atoms with Crippen molar-refractivity contribution in [3.05, 3.63) is 84.2 Å². The number of benzene rings is 2. The lowest BCUT2D eigenvalue weighted by molar-refractivity contribution is 0.0988. The molecule has 3 aromatic rings. The average Bonchev–Trinajstić information content (AvgIpc) is 2.72. The van der Waals surface area contributed by atoms with Gasteiger partial charge in [0.1, 0.15) is 11.4 Å². The Kier molecular flexibility index (Phi) is 5.49. The molecular weight excluding hydrogens is 326 g/mol. The number of hydrogen-bond donors (Lipinski definition) is 1. The number of amides is 1. The van der Waals surface area contributed by atoms with Gasteiger partial charge in [-0.15, -0.1) is 0 Å². The highest BCUT2D eigenvalue weighted by Crippen LogP contribution is 2.16. The first-order chi connectivity index (χ1) is 12.7. The van der Waals surface area contributed by atoms with Gasteiger partial charge in [0.2, 0.25) is 0 Å². The number of carbonyl (C=O) groups is 1. The van der Waals surface area contributed by atoms with Crippen LogP contribution in [0, 0.1) is 0 Å². The van der Waals surface area contributed by atoms with Gasteiger partial charge in [-0.1, -0.05) is 30.3 Å². The van der Waals surface area contributed by atoms with E-state index >= 15 is 0 Å². The molecule has 0 bridgehead atoms. The van der Waals surface area contributed by atoms with E-state index in [9.17, 15) is 4.79 Å². The Bertz CT molecular complexity index is 847. The number of nitrogens with zero attached hydrogens (tertiary/aromatic N) is 2. The molecule has 0 unspecified atom stereocenters. The predicted octanol–water partition coefficient (Wildman–Crippen LogP) is 3.98. The van der Waals surface area contributed by atoms with Crippen molar-refractivity contribution in [3.63, 3.8) is 0 Å². The molecule has 1 heterocycles. The minimum absolute atomic E-state index is 0.141. The Hall–Kier alpha value is -3.34. The molecule has 0 aliphatic rings. The summed E-state index contributed by atoms with van der Waals surface area (Å²) < 4.78 is 5.15. The molecule has 5 nitrogen and oxygen atoms in total. The van der Waals surface area contributed by atoms with Gasteiger partial charge < -0.3 is 15.0 Å². The smallest absolute Gasteiger partial charge is 0.276 e. The van der Waals surface area contributed by atoms with Crippen molar-refractivity contribution in [2.75, 3.05) is 24.4 Å². The first-order valence-electron chi connectivity index (χ1n) is 8.33. The lowest BCUT2D eigenvalue weighted by Gasteiger charge is -2.16. The van der Waals surface area contributed by atoms with Gasteiger partial charge in [0, 0.05) is 19.3 Å². The molecule has 1 aromatic heterocycles. The topological polar surface area (TPSA) is 54.5 Å². The third-order valence-corrected chi connectivity index (χ3v) is 4.09. The molecule has 2 aromatic carbocycles. The number of nitrogens with one attached hydrogen (secondary N) is 1. The van der Waals surface area contributed by atoms with Crippen LogP contribution in [0.3, 0.4) is 0 Å². The molecule has 3 rings (SSSR count). The second kappa shape index (κ2) is 8.16. The number of methoxy groups -OCH3 is 1. The van der Waals surface area contributed by atoms with Crippen LogP contribution in [0.2, 0.25) is 0 Å². The Labute approximate surface area is 153 Å². The third kappa shape index (κ3) is 4.19. The summed E-state index contributed by atoms with van der Waals surface area (Å²) in [7, 11) is 3.40. The van der Waals surface area contributed by atoms with Crippen LogP contribution in [-0.4, -0.2) is 25.0 Å². The van der Waals surface area contributed by atoms with E-state index in [0.29, 0.717) is 12.2 Å². The van der Waals surface area contributed by atoms with Gasteiger partial charge >= 0.3 is 0 Å². The highest BCUT2D eigenvalue weighted by Gasteiger charge is 2.14. The van der Waals surface area contributed by atoms with E-state index in [4.69, 9.17) is 4.74 Å². The summed E-state index contributed by atoms with van der Waals surface area (Å²) in [6.07, 6.45) is 1.68. The van der Waals surface area contributed by atoms with Gasteiger partial charge in [-0.25, -0.2) is 4.98 Å². The fourth-order valence-corrected chi connectivity index (χ4v) is 2.51. The van der Waals surface area contributed by atoms with E-state index < -0.39 is 0 Å². The summed E-state index contributed by atoms with van der Waals surface area (Å²) in [6, 6.07) is 21.0. The molecule has 0 saturated heterocycles. The summed E-state index contributed by atoms with van der Waals surface area (Å²) >= 11 is 0. The van der Waals surface area contributed by atoms with Crippen LogP contribution in [0.15, 0.2) is 72.9 Å². The predicted molar refractivity (Wildman–Crippen MR) is 104 cm³/mol. The number of hydrogen-bond acceptors (Lipinski definition) is 4. The van der Waals surface area contributed by atoms with E-state index in [0.717, 1.165) is 22.7 Å². The molecule has 0 radical (unpaired) electrons. The minimum atomic E-state index is -0.141. The summed E-state index contributed by atoms with van der Waals surface area (Å²) in [5.74, 6) is 0.693. The Morgan fingerprint density at radius 2 is 1.77 bits per heavy atom. The van der Waals surface area contributed by atoms with Crippen molar-refractivity contribution in [2.24, 2.45) is 0 Å². The highest BCUT2D eigenvalue weighted by molar-refractivity contribution is 6.04. The van der Waals surface area contributed by atoms with Crippen molar-refractivity contribution in [3.8, 4) is 5.75 Å². The van der Waals surface area contributed by atoms with Crippen LogP contribution in [0.1, 0.15) is 16.1 Å². The first-order valence-corrected chi connectivity index (χ1v) is 8.33. The molecule has 0 aliphatic heterocycles. The quantitative estimate of drug-likeness (QED) is 0.733. The van der Waals surface area contributed by atoms with Gasteiger partial charge in [-0.05, 0) is 42.0 Å². The van der Waals surface area contributed by atoms with E-state index in [1.165, 1.54) is 0 Å². The highest BCUT2D eigenvalue weighted by atomic mass is 16.5. The van der Waals surface area contributed by atoms with E-state index in [1.807, 2.05) is 60.7 Å². The number of para-hydroxylation sites is 1. The fraction of sp³-hybridized carbons (Fsp3) is 0.143. The van der Waals surface area contributed by atoms with Crippen LogP contribution in [-0.2, 0) is 6.54 Å². The monoisotopic (exact) mass is 347 g/mol. The minimum Gasteiger partial charge on any atom is -0.497 e. The lowest BCUT2D eigenvalue weighted by Crippen LogP contribution is -2.26. The summed E-state index contributed by atoms with van der Waals surface area (Å²) in [5.41, 5.74) is 3.24. The maximum atomic E-state index is 12.5. The molecule has 0 spiro atoms.